The Morgan fingerprint density at radius 2 is 2.09 bits per heavy atom. The number of hydrogen-bond donors (Lipinski definition) is 2. The van der Waals surface area contributed by atoms with Crippen LogP contribution in [-0.4, -0.2) is 29.0 Å². The summed E-state index contributed by atoms with van der Waals surface area (Å²) in [5.41, 5.74) is 1.80. The molecule has 0 saturated carbocycles. The molecule has 7 nitrogen and oxygen atoms in total. The molecule has 0 bridgehead atoms. The van der Waals surface area contributed by atoms with Crippen molar-refractivity contribution in [3.05, 3.63) is 84.1 Å². The van der Waals surface area contributed by atoms with Crippen LogP contribution >= 0.6 is 12.8 Å². The first kappa shape index (κ1) is 26.5. The van der Waals surface area contributed by atoms with Crippen LogP contribution in [-0.2, 0) is 14.3 Å². The topological polar surface area (TPSA) is 94.8 Å². The normalized spacial score (nSPS) is 15.8. The minimum atomic E-state index is -0.753. The highest BCUT2D eigenvalue weighted by Gasteiger charge is 2.21. The molecule has 0 aromatic carbocycles. The summed E-state index contributed by atoms with van der Waals surface area (Å²) >= 11 is 3.77. The Kier molecular flexibility index (Phi) is 11.9. The third kappa shape index (κ3) is 9.06. The van der Waals surface area contributed by atoms with Gasteiger partial charge in [-0.15, -0.1) is 0 Å². The molecule has 8 heteroatoms. The Morgan fingerprint density at radius 1 is 1.34 bits per heavy atom. The van der Waals surface area contributed by atoms with Gasteiger partial charge >= 0.3 is 0 Å². The van der Waals surface area contributed by atoms with Gasteiger partial charge in [0.15, 0.2) is 6.73 Å². The van der Waals surface area contributed by atoms with Gasteiger partial charge in [0, 0.05) is 35.7 Å². The van der Waals surface area contributed by atoms with Crippen LogP contribution in [0.15, 0.2) is 88.5 Å². The fraction of sp³-hybridized carbons (Fsp3) is 0.250. The number of hydrogen-bond acceptors (Lipinski definition) is 7. The molecule has 0 unspecified atom stereocenters. The fourth-order valence-electron chi connectivity index (χ4n) is 2.49. The highest BCUT2D eigenvalue weighted by molar-refractivity contribution is 7.79. The predicted molar refractivity (Wildman–Crippen MR) is 130 cm³/mol. The third-order valence-corrected chi connectivity index (χ3v) is 4.49. The SMILES string of the molecule is C=C(C#N)/C=C\C/C(=C\CC)OCN1C=CC=C/C1=C(/C)C(=O)C(=O)N/C=C/C(C)=N\S. The van der Waals surface area contributed by atoms with Gasteiger partial charge in [-0.25, -0.2) is 4.40 Å². The highest BCUT2D eigenvalue weighted by atomic mass is 32.1. The highest BCUT2D eigenvalue weighted by Crippen LogP contribution is 2.19. The summed E-state index contributed by atoms with van der Waals surface area (Å²) in [6, 6.07) is 1.96. The summed E-state index contributed by atoms with van der Waals surface area (Å²) in [5, 5.41) is 11.2. The Bertz CT molecular complexity index is 976. The molecule has 1 amide bonds. The van der Waals surface area contributed by atoms with Crippen LogP contribution in [0.4, 0.5) is 0 Å². The first-order chi connectivity index (χ1) is 15.3. The number of thiol groups is 1. The van der Waals surface area contributed by atoms with E-state index in [0.29, 0.717) is 23.4 Å². The summed E-state index contributed by atoms with van der Waals surface area (Å²) in [6.45, 7) is 9.06. The van der Waals surface area contributed by atoms with Gasteiger partial charge in [-0.05, 0) is 63.5 Å². The van der Waals surface area contributed by atoms with Crippen LogP contribution in [0, 0.1) is 11.3 Å². The van der Waals surface area contributed by atoms with Crippen LogP contribution < -0.4 is 5.32 Å². The maximum Gasteiger partial charge on any atom is 0.296 e. The first-order valence-electron chi connectivity index (χ1n) is 9.94. The molecule has 1 rings (SSSR count). The van der Waals surface area contributed by atoms with Crippen molar-refractivity contribution in [3.8, 4) is 6.07 Å². The van der Waals surface area contributed by atoms with E-state index in [1.165, 1.54) is 12.3 Å². The van der Waals surface area contributed by atoms with Crippen molar-refractivity contribution >= 4 is 30.2 Å². The number of nitriles is 1. The van der Waals surface area contributed by atoms with Crippen LogP contribution in [0.5, 0.6) is 0 Å². The quantitative estimate of drug-likeness (QED) is 0.0919. The van der Waals surface area contributed by atoms with Crippen molar-refractivity contribution in [1.82, 2.24) is 10.2 Å². The Labute approximate surface area is 195 Å². The van der Waals surface area contributed by atoms with E-state index >= 15 is 0 Å². The lowest BCUT2D eigenvalue weighted by molar-refractivity contribution is -0.135. The number of carbonyl (C=O) groups excluding carboxylic acids is 2. The number of ketones is 1. The lowest BCUT2D eigenvalue weighted by Crippen LogP contribution is -2.30. The number of allylic oxidation sites excluding steroid dienone is 8. The molecule has 1 aliphatic heterocycles. The number of ether oxygens (including phenoxy) is 1. The van der Waals surface area contributed by atoms with Crippen molar-refractivity contribution in [2.75, 3.05) is 6.73 Å². The lowest BCUT2D eigenvalue weighted by atomic mass is 10.1. The summed E-state index contributed by atoms with van der Waals surface area (Å²) in [5.74, 6) is -0.682. The minimum absolute atomic E-state index is 0.152. The van der Waals surface area contributed by atoms with Gasteiger partial charge < -0.3 is 15.0 Å². The molecule has 0 saturated heterocycles. The van der Waals surface area contributed by atoms with Crippen LogP contribution in [0.1, 0.15) is 33.6 Å². The van der Waals surface area contributed by atoms with Crippen molar-refractivity contribution < 1.29 is 14.3 Å². The van der Waals surface area contributed by atoms with E-state index < -0.39 is 11.7 Å². The van der Waals surface area contributed by atoms with E-state index in [2.05, 4.69) is 29.1 Å². The molecule has 0 aromatic heterocycles. The molecule has 1 N–H and O–H groups in total. The van der Waals surface area contributed by atoms with E-state index in [9.17, 15) is 9.59 Å². The monoisotopic (exact) mass is 452 g/mol. The molecular weight excluding hydrogens is 424 g/mol. The van der Waals surface area contributed by atoms with Gasteiger partial charge in [0.05, 0.1) is 17.5 Å². The van der Waals surface area contributed by atoms with Gasteiger partial charge in [0.25, 0.3) is 5.91 Å². The van der Waals surface area contributed by atoms with Crippen molar-refractivity contribution in [3.63, 3.8) is 0 Å². The maximum atomic E-state index is 12.6. The molecule has 0 atom stereocenters. The molecule has 0 fully saturated rings. The number of amides is 1. The van der Waals surface area contributed by atoms with Gasteiger partial charge in [0.1, 0.15) is 0 Å². The molecular formula is C24H28N4O3S. The van der Waals surface area contributed by atoms with E-state index in [1.807, 2.05) is 31.2 Å². The van der Waals surface area contributed by atoms with E-state index in [4.69, 9.17) is 10.00 Å². The number of nitrogens with one attached hydrogen (secondary N) is 1. The zero-order valence-corrected chi connectivity index (χ0v) is 19.4. The van der Waals surface area contributed by atoms with E-state index in [-0.39, 0.29) is 12.3 Å². The van der Waals surface area contributed by atoms with Crippen LogP contribution in [0.25, 0.3) is 0 Å². The summed E-state index contributed by atoms with van der Waals surface area (Å²) in [4.78, 5) is 26.5. The molecule has 0 aliphatic carbocycles. The van der Waals surface area contributed by atoms with Gasteiger partial charge in [-0.1, -0.05) is 25.7 Å². The standard InChI is InChI=1S/C24H28N4O3S/c1-5-9-21(11-8-10-18(2)16-25)31-17-28-15-7-6-12-22(28)20(4)23(29)24(30)26-14-13-19(3)27-32/h6-10,12-15,32H,2,5,11,17H2,1,3-4H3,(H,26,30)/b10-8-,14-13+,21-9+,22-20+,27-19-. The van der Waals surface area contributed by atoms with Gasteiger partial charge in [0.2, 0.25) is 5.78 Å². The molecule has 0 spiro atoms. The maximum absolute atomic E-state index is 12.6. The second-order valence-electron chi connectivity index (χ2n) is 6.65. The summed E-state index contributed by atoms with van der Waals surface area (Å²) < 4.78 is 9.56. The largest absolute Gasteiger partial charge is 0.477 e. The molecule has 1 heterocycles. The van der Waals surface area contributed by atoms with E-state index in [1.54, 1.807) is 43.2 Å². The van der Waals surface area contributed by atoms with Crippen LogP contribution in [0.3, 0.4) is 0 Å². The second-order valence-corrected chi connectivity index (χ2v) is 6.85. The summed E-state index contributed by atoms with van der Waals surface area (Å²) in [7, 11) is 0. The summed E-state index contributed by atoms with van der Waals surface area (Å²) in [6.07, 6.45) is 16.7. The van der Waals surface area contributed by atoms with Crippen molar-refractivity contribution in [1.29, 1.82) is 5.26 Å². The van der Waals surface area contributed by atoms with Gasteiger partial charge in [-0.2, -0.15) is 5.26 Å². The van der Waals surface area contributed by atoms with Crippen molar-refractivity contribution in [2.45, 2.75) is 33.6 Å². The molecule has 1 aliphatic rings. The Hall–Kier alpha value is -3.57. The van der Waals surface area contributed by atoms with Crippen LogP contribution in [0.2, 0.25) is 0 Å². The lowest BCUT2D eigenvalue weighted by Gasteiger charge is -2.26. The predicted octanol–water partition coefficient (Wildman–Crippen LogP) is 4.44. The molecule has 168 valence electrons. The zero-order chi connectivity index (χ0) is 23.9. The zero-order valence-electron chi connectivity index (χ0n) is 18.5. The Morgan fingerprint density at radius 3 is 2.75 bits per heavy atom. The number of nitrogens with zero attached hydrogens (tertiary/aromatic N) is 3. The van der Waals surface area contributed by atoms with Crippen molar-refractivity contribution in [2.24, 2.45) is 4.40 Å². The first-order valence-corrected chi connectivity index (χ1v) is 10.3. The average molecular weight is 453 g/mol. The smallest absolute Gasteiger partial charge is 0.296 e. The number of Topliss-reactive ketones (excluding diaryl/α,β-unsaturated/α-hetero) is 1. The minimum Gasteiger partial charge on any atom is -0.477 e. The second kappa shape index (κ2) is 14.4. The third-order valence-electron chi connectivity index (χ3n) is 4.17. The fourth-order valence-corrected chi connectivity index (χ4v) is 2.56. The van der Waals surface area contributed by atoms with Gasteiger partial charge in [-0.3, -0.25) is 9.59 Å². The molecule has 32 heavy (non-hydrogen) atoms. The average Bonchev–Trinajstić information content (AvgIpc) is 2.81. The molecule has 0 radical (unpaired) electrons. The molecule has 0 aromatic rings. The Balaban J connectivity index is 2.89. The number of rotatable bonds is 11. The van der Waals surface area contributed by atoms with E-state index in [0.717, 1.165) is 12.2 Å². The number of carbonyl (C=O) groups is 2.